The molecular formula is C60H40N2O. The third-order valence-corrected chi connectivity index (χ3v) is 12.4. The molecule has 0 amide bonds. The maximum atomic E-state index is 6.43. The van der Waals surface area contributed by atoms with Gasteiger partial charge in [0.2, 0.25) is 0 Å². The first-order valence-electron chi connectivity index (χ1n) is 21.5. The summed E-state index contributed by atoms with van der Waals surface area (Å²) in [6.07, 6.45) is 0. The normalized spacial score (nSPS) is 11.5. The summed E-state index contributed by atoms with van der Waals surface area (Å²) < 4.78 is 8.81. The molecule has 12 aromatic rings. The van der Waals surface area contributed by atoms with Crippen LogP contribution in [0.4, 0.5) is 17.1 Å². The fourth-order valence-electron chi connectivity index (χ4n) is 9.41. The molecule has 0 aliphatic heterocycles. The van der Waals surface area contributed by atoms with Crippen LogP contribution >= 0.6 is 0 Å². The lowest BCUT2D eigenvalue weighted by molar-refractivity contribution is 0.670. The summed E-state index contributed by atoms with van der Waals surface area (Å²) in [5, 5.41) is 4.77. The van der Waals surface area contributed by atoms with Gasteiger partial charge < -0.3 is 13.9 Å². The molecular weight excluding hydrogens is 765 g/mol. The van der Waals surface area contributed by atoms with Crippen molar-refractivity contribution in [3.8, 4) is 50.2 Å². The maximum absolute atomic E-state index is 6.43. The molecule has 0 bridgehead atoms. The molecule has 2 aromatic heterocycles. The van der Waals surface area contributed by atoms with E-state index in [0.717, 1.165) is 78.1 Å². The molecule has 63 heavy (non-hydrogen) atoms. The fourth-order valence-corrected chi connectivity index (χ4v) is 9.41. The van der Waals surface area contributed by atoms with Crippen LogP contribution in [0.1, 0.15) is 0 Å². The number of para-hydroxylation sites is 5. The Labute approximate surface area is 366 Å². The Kier molecular flexibility index (Phi) is 8.83. The molecule has 0 fully saturated rings. The predicted octanol–water partition coefficient (Wildman–Crippen LogP) is 16.8. The Morgan fingerprint density at radius 2 is 0.857 bits per heavy atom. The molecule has 0 aliphatic carbocycles. The number of hydrogen-bond donors (Lipinski definition) is 0. The van der Waals surface area contributed by atoms with Gasteiger partial charge in [0.25, 0.3) is 0 Å². The minimum absolute atomic E-state index is 0.907. The van der Waals surface area contributed by atoms with E-state index in [1.54, 1.807) is 0 Å². The smallest absolute Gasteiger partial charge is 0.143 e. The number of furan rings is 1. The number of anilines is 3. The molecule has 2 heterocycles. The molecule has 0 spiro atoms. The summed E-state index contributed by atoms with van der Waals surface area (Å²) >= 11 is 0. The molecule has 3 nitrogen and oxygen atoms in total. The van der Waals surface area contributed by atoms with E-state index >= 15 is 0 Å². The van der Waals surface area contributed by atoms with Crippen molar-refractivity contribution in [3.63, 3.8) is 0 Å². The van der Waals surface area contributed by atoms with Crippen molar-refractivity contribution in [2.75, 3.05) is 4.90 Å². The van der Waals surface area contributed by atoms with Gasteiger partial charge in [0.05, 0.1) is 16.7 Å². The Morgan fingerprint density at radius 1 is 0.317 bits per heavy atom. The molecule has 10 aromatic carbocycles. The molecule has 0 N–H and O–H groups in total. The molecule has 0 atom stereocenters. The molecule has 3 heteroatoms. The van der Waals surface area contributed by atoms with Gasteiger partial charge in [0.15, 0.2) is 0 Å². The minimum Gasteiger partial charge on any atom is -0.455 e. The Bertz CT molecular complexity index is 3600. The standard InChI is InChI=1S/C60H40N2O/c1-3-15-43(16-4-1)50-21-7-10-26-56(50)61(48-34-29-41(30-35-48)44-17-13-18-46(39-44)51-24-14-25-55-54-23-9-12-28-59(54)63-60(51)55)49-36-31-42(32-37-49)45-33-38-53-52-22-8-11-27-57(52)62(58(53)40-45)47-19-5-2-6-20-47/h1-40H. The molecule has 0 unspecified atom stereocenters. The van der Waals surface area contributed by atoms with Gasteiger partial charge in [-0.1, -0.05) is 176 Å². The average Bonchev–Trinajstić information content (AvgIpc) is 3.91. The summed E-state index contributed by atoms with van der Waals surface area (Å²) in [7, 11) is 0. The van der Waals surface area contributed by atoms with Crippen molar-refractivity contribution in [2.24, 2.45) is 0 Å². The second kappa shape index (κ2) is 15.3. The van der Waals surface area contributed by atoms with E-state index < -0.39 is 0 Å². The van der Waals surface area contributed by atoms with E-state index in [0.29, 0.717) is 0 Å². The number of benzene rings is 10. The third-order valence-electron chi connectivity index (χ3n) is 12.4. The lowest BCUT2D eigenvalue weighted by atomic mass is 9.97. The van der Waals surface area contributed by atoms with E-state index in [9.17, 15) is 0 Å². The number of rotatable bonds is 8. The number of fused-ring (bicyclic) bond motifs is 6. The van der Waals surface area contributed by atoms with Gasteiger partial charge in [0, 0.05) is 49.7 Å². The molecule has 12 rings (SSSR count). The summed E-state index contributed by atoms with van der Waals surface area (Å²) in [5.41, 5.74) is 17.8. The van der Waals surface area contributed by atoms with E-state index in [1.807, 2.05) is 12.1 Å². The Hall–Kier alpha value is -8.40. The summed E-state index contributed by atoms with van der Waals surface area (Å²) in [5.74, 6) is 0. The first kappa shape index (κ1) is 36.5. The van der Waals surface area contributed by atoms with Crippen LogP contribution in [0.2, 0.25) is 0 Å². The van der Waals surface area contributed by atoms with Crippen molar-refractivity contribution < 1.29 is 4.42 Å². The number of hydrogen-bond acceptors (Lipinski definition) is 2. The molecule has 0 radical (unpaired) electrons. The SMILES string of the molecule is c1ccc(-c2ccccc2N(c2ccc(-c3cccc(-c4cccc5c4oc4ccccc45)c3)cc2)c2ccc(-c3ccc4c5ccccc5n(-c5ccccc5)c4c3)cc2)cc1. The van der Waals surface area contributed by atoms with Gasteiger partial charge in [-0.15, -0.1) is 0 Å². The third kappa shape index (κ3) is 6.38. The van der Waals surface area contributed by atoms with Crippen LogP contribution in [0.15, 0.2) is 247 Å². The van der Waals surface area contributed by atoms with Gasteiger partial charge in [-0.3, -0.25) is 0 Å². The van der Waals surface area contributed by atoms with Gasteiger partial charge >= 0.3 is 0 Å². The zero-order valence-electron chi connectivity index (χ0n) is 34.4. The summed E-state index contributed by atoms with van der Waals surface area (Å²) in [6.45, 7) is 0. The second-order valence-electron chi connectivity index (χ2n) is 16.1. The summed E-state index contributed by atoms with van der Waals surface area (Å²) in [6, 6.07) is 87.0. The lowest BCUT2D eigenvalue weighted by Gasteiger charge is -2.28. The number of nitrogens with zero attached hydrogens (tertiary/aromatic N) is 2. The monoisotopic (exact) mass is 804 g/mol. The van der Waals surface area contributed by atoms with Crippen LogP contribution in [-0.2, 0) is 0 Å². The highest BCUT2D eigenvalue weighted by Gasteiger charge is 2.19. The first-order chi connectivity index (χ1) is 31.2. The number of aromatic nitrogens is 1. The highest BCUT2D eigenvalue weighted by molar-refractivity contribution is 6.11. The summed E-state index contributed by atoms with van der Waals surface area (Å²) in [4.78, 5) is 2.38. The first-order valence-corrected chi connectivity index (χ1v) is 21.5. The molecule has 0 saturated heterocycles. The van der Waals surface area contributed by atoms with Crippen LogP contribution in [0, 0.1) is 0 Å². The van der Waals surface area contributed by atoms with Crippen molar-refractivity contribution in [3.05, 3.63) is 243 Å². The maximum Gasteiger partial charge on any atom is 0.143 e. The van der Waals surface area contributed by atoms with Gasteiger partial charge in [-0.05, 0) is 100 Å². The van der Waals surface area contributed by atoms with E-state index in [4.69, 9.17) is 4.42 Å². The van der Waals surface area contributed by atoms with E-state index in [1.165, 1.54) is 32.9 Å². The van der Waals surface area contributed by atoms with Crippen LogP contribution in [0.5, 0.6) is 0 Å². The van der Waals surface area contributed by atoms with Crippen LogP contribution in [0.25, 0.3) is 93.9 Å². The highest BCUT2D eigenvalue weighted by Crippen LogP contribution is 2.43. The molecule has 0 saturated carbocycles. The van der Waals surface area contributed by atoms with Crippen LogP contribution in [-0.4, -0.2) is 4.57 Å². The zero-order chi connectivity index (χ0) is 41.7. The Morgan fingerprint density at radius 3 is 1.63 bits per heavy atom. The van der Waals surface area contributed by atoms with Crippen molar-refractivity contribution in [2.45, 2.75) is 0 Å². The topological polar surface area (TPSA) is 21.3 Å². The second-order valence-corrected chi connectivity index (χ2v) is 16.1. The van der Waals surface area contributed by atoms with Crippen molar-refractivity contribution >= 4 is 60.8 Å². The van der Waals surface area contributed by atoms with E-state index in [-0.39, 0.29) is 0 Å². The largest absolute Gasteiger partial charge is 0.455 e. The highest BCUT2D eigenvalue weighted by atomic mass is 16.3. The minimum atomic E-state index is 0.907. The zero-order valence-corrected chi connectivity index (χ0v) is 34.4. The van der Waals surface area contributed by atoms with E-state index in [2.05, 4.69) is 240 Å². The van der Waals surface area contributed by atoms with Crippen molar-refractivity contribution in [1.29, 1.82) is 0 Å². The van der Waals surface area contributed by atoms with Gasteiger partial charge in [-0.2, -0.15) is 0 Å². The molecule has 0 aliphatic rings. The predicted molar refractivity (Wildman–Crippen MR) is 264 cm³/mol. The van der Waals surface area contributed by atoms with Crippen LogP contribution < -0.4 is 4.90 Å². The van der Waals surface area contributed by atoms with Gasteiger partial charge in [-0.25, -0.2) is 0 Å². The molecule has 296 valence electrons. The Balaban J connectivity index is 0.934. The quantitative estimate of drug-likeness (QED) is 0.153. The average molecular weight is 805 g/mol. The van der Waals surface area contributed by atoms with Gasteiger partial charge in [0.1, 0.15) is 11.2 Å². The lowest BCUT2D eigenvalue weighted by Crippen LogP contribution is -2.11. The fraction of sp³-hybridized carbons (Fsp3) is 0. The van der Waals surface area contributed by atoms with Crippen LogP contribution in [0.3, 0.4) is 0 Å². The van der Waals surface area contributed by atoms with Crippen molar-refractivity contribution in [1.82, 2.24) is 4.57 Å².